The highest BCUT2D eigenvalue weighted by atomic mass is 16.2. The van der Waals surface area contributed by atoms with Crippen molar-refractivity contribution in [2.45, 2.75) is 6.92 Å². The Labute approximate surface area is 118 Å². The maximum Gasteiger partial charge on any atom is 0.312 e. The van der Waals surface area contributed by atoms with Crippen LogP contribution < -0.4 is 16.0 Å². The van der Waals surface area contributed by atoms with Crippen molar-refractivity contribution in [3.63, 3.8) is 0 Å². The first-order valence-corrected chi connectivity index (χ1v) is 6.69. The van der Waals surface area contributed by atoms with Crippen molar-refractivity contribution in [1.29, 1.82) is 0 Å². The molecule has 0 unspecified atom stereocenters. The number of aryl methyl sites for hydroxylation is 1. The van der Waals surface area contributed by atoms with Gasteiger partial charge in [0.25, 0.3) is 0 Å². The Kier molecular flexibility index (Phi) is 4.45. The molecule has 108 valence electrons. The molecular formula is C14H20N4O2. The maximum absolute atomic E-state index is 11.8. The van der Waals surface area contributed by atoms with Crippen LogP contribution in [0.25, 0.3) is 0 Å². The topological polar surface area (TPSA) is 78.7 Å². The summed E-state index contributed by atoms with van der Waals surface area (Å²) in [6.07, 6.45) is 0. The molecule has 20 heavy (non-hydrogen) atoms. The van der Waals surface area contributed by atoms with Crippen LogP contribution in [0.3, 0.4) is 0 Å². The zero-order valence-corrected chi connectivity index (χ0v) is 11.6. The largest absolute Gasteiger partial charge is 0.368 e. The molecule has 1 aliphatic rings. The van der Waals surface area contributed by atoms with Crippen molar-refractivity contribution < 1.29 is 9.59 Å². The minimum Gasteiger partial charge on any atom is -0.368 e. The van der Waals surface area contributed by atoms with Gasteiger partial charge in [-0.15, -0.1) is 0 Å². The highest BCUT2D eigenvalue weighted by Crippen LogP contribution is 2.20. The molecule has 0 atom stereocenters. The van der Waals surface area contributed by atoms with Crippen LogP contribution in [-0.2, 0) is 4.79 Å². The molecule has 1 fully saturated rings. The lowest BCUT2D eigenvalue weighted by atomic mass is 10.1. The second-order valence-electron chi connectivity index (χ2n) is 4.87. The summed E-state index contributed by atoms with van der Waals surface area (Å²) in [5.74, 6) is -0.0896. The lowest BCUT2D eigenvalue weighted by Gasteiger charge is -2.36. The smallest absolute Gasteiger partial charge is 0.312 e. The lowest BCUT2D eigenvalue weighted by molar-refractivity contribution is -0.130. The Morgan fingerprint density at radius 2 is 1.85 bits per heavy atom. The van der Waals surface area contributed by atoms with Crippen molar-refractivity contribution >= 4 is 17.6 Å². The van der Waals surface area contributed by atoms with E-state index in [1.165, 1.54) is 11.3 Å². The fourth-order valence-electron chi connectivity index (χ4n) is 2.39. The molecule has 0 radical (unpaired) electrons. The zero-order chi connectivity index (χ0) is 14.5. The standard InChI is InChI=1S/C14H20N4O2/c1-11-4-2-3-5-12(11)17-6-8-18(9-7-17)13(19)10-16-14(15)20/h2-5H,6-10H2,1H3,(H3,15,16,20). The maximum atomic E-state index is 11.8. The normalized spacial score (nSPS) is 15.1. The van der Waals surface area contributed by atoms with E-state index in [0.717, 1.165) is 13.1 Å². The Hall–Kier alpha value is -2.24. The highest BCUT2D eigenvalue weighted by molar-refractivity contribution is 5.83. The van der Waals surface area contributed by atoms with Gasteiger partial charge in [0.15, 0.2) is 0 Å². The van der Waals surface area contributed by atoms with Crippen LogP contribution in [0.5, 0.6) is 0 Å². The first-order chi connectivity index (χ1) is 9.58. The molecule has 0 aromatic heterocycles. The summed E-state index contributed by atoms with van der Waals surface area (Å²) in [4.78, 5) is 26.5. The van der Waals surface area contributed by atoms with Crippen LogP contribution in [0.1, 0.15) is 5.56 Å². The van der Waals surface area contributed by atoms with Crippen LogP contribution in [0.4, 0.5) is 10.5 Å². The molecule has 6 heteroatoms. The van der Waals surface area contributed by atoms with Gasteiger partial charge in [-0.25, -0.2) is 4.79 Å². The molecule has 1 aromatic rings. The fourth-order valence-corrected chi connectivity index (χ4v) is 2.39. The third-order valence-electron chi connectivity index (χ3n) is 3.50. The second-order valence-corrected chi connectivity index (χ2v) is 4.87. The van der Waals surface area contributed by atoms with Gasteiger partial charge in [-0.1, -0.05) is 18.2 Å². The molecule has 0 aliphatic carbocycles. The molecule has 2 rings (SSSR count). The number of anilines is 1. The molecule has 1 saturated heterocycles. The predicted octanol–water partition coefficient (Wildman–Crippen LogP) is 0.312. The molecule has 3 amide bonds. The lowest BCUT2D eigenvalue weighted by Crippen LogP contribution is -2.51. The third-order valence-corrected chi connectivity index (χ3v) is 3.50. The SMILES string of the molecule is Cc1ccccc1N1CCN(C(=O)CNC(N)=O)CC1. The number of para-hydroxylation sites is 1. The molecular weight excluding hydrogens is 256 g/mol. The second kappa shape index (κ2) is 6.27. The number of carbonyl (C=O) groups is 2. The van der Waals surface area contributed by atoms with Gasteiger partial charge in [-0.05, 0) is 18.6 Å². The molecule has 1 aromatic carbocycles. The Morgan fingerprint density at radius 3 is 2.45 bits per heavy atom. The van der Waals surface area contributed by atoms with Crippen molar-refractivity contribution in [3.8, 4) is 0 Å². The van der Waals surface area contributed by atoms with E-state index in [1.54, 1.807) is 4.90 Å². The van der Waals surface area contributed by atoms with Crippen LogP contribution in [0.15, 0.2) is 24.3 Å². The van der Waals surface area contributed by atoms with Crippen molar-refractivity contribution in [2.24, 2.45) is 5.73 Å². The highest BCUT2D eigenvalue weighted by Gasteiger charge is 2.21. The average Bonchev–Trinajstić information content (AvgIpc) is 2.45. The van der Waals surface area contributed by atoms with E-state index >= 15 is 0 Å². The van der Waals surface area contributed by atoms with Gasteiger partial charge in [0.1, 0.15) is 0 Å². The monoisotopic (exact) mass is 276 g/mol. The van der Waals surface area contributed by atoms with Crippen molar-refractivity contribution in [2.75, 3.05) is 37.6 Å². The van der Waals surface area contributed by atoms with Gasteiger partial charge >= 0.3 is 6.03 Å². The summed E-state index contributed by atoms with van der Waals surface area (Å²) in [7, 11) is 0. The van der Waals surface area contributed by atoms with Gasteiger partial charge < -0.3 is 20.9 Å². The number of urea groups is 1. The van der Waals surface area contributed by atoms with E-state index in [1.807, 2.05) is 12.1 Å². The Balaban J connectivity index is 1.88. The first-order valence-electron chi connectivity index (χ1n) is 6.69. The summed E-state index contributed by atoms with van der Waals surface area (Å²) < 4.78 is 0. The zero-order valence-electron chi connectivity index (χ0n) is 11.6. The Morgan fingerprint density at radius 1 is 1.20 bits per heavy atom. The summed E-state index contributed by atoms with van der Waals surface area (Å²) in [6, 6.07) is 7.56. The van der Waals surface area contributed by atoms with Crippen LogP contribution in [0, 0.1) is 6.92 Å². The molecule has 3 N–H and O–H groups in total. The molecule has 0 saturated carbocycles. The van der Waals surface area contributed by atoms with E-state index in [-0.39, 0.29) is 12.5 Å². The number of nitrogens with two attached hydrogens (primary N) is 1. The molecule has 1 aliphatic heterocycles. The number of rotatable bonds is 3. The molecule has 1 heterocycles. The minimum atomic E-state index is -0.670. The molecule has 6 nitrogen and oxygen atoms in total. The number of nitrogens with one attached hydrogen (secondary N) is 1. The van der Waals surface area contributed by atoms with Crippen LogP contribution in [-0.4, -0.2) is 49.6 Å². The van der Waals surface area contributed by atoms with E-state index in [2.05, 4.69) is 29.3 Å². The quantitative estimate of drug-likeness (QED) is 0.834. The van der Waals surface area contributed by atoms with E-state index in [9.17, 15) is 9.59 Å². The van der Waals surface area contributed by atoms with E-state index < -0.39 is 6.03 Å². The predicted molar refractivity (Wildman–Crippen MR) is 77.6 cm³/mol. The summed E-state index contributed by atoms with van der Waals surface area (Å²) in [5.41, 5.74) is 7.41. The summed E-state index contributed by atoms with van der Waals surface area (Å²) in [6.45, 7) is 4.98. The van der Waals surface area contributed by atoms with Crippen molar-refractivity contribution in [3.05, 3.63) is 29.8 Å². The number of benzene rings is 1. The number of primary amides is 1. The third kappa shape index (κ3) is 3.40. The van der Waals surface area contributed by atoms with Gasteiger partial charge in [0.05, 0.1) is 6.54 Å². The molecule has 0 spiro atoms. The number of hydrogen-bond donors (Lipinski definition) is 2. The first kappa shape index (κ1) is 14.2. The van der Waals surface area contributed by atoms with Gasteiger partial charge in [-0.3, -0.25) is 4.79 Å². The van der Waals surface area contributed by atoms with Gasteiger partial charge in [-0.2, -0.15) is 0 Å². The van der Waals surface area contributed by atoms with E-state index in [0.29, 0.717) is 13.1 Å². The molecule has 0 bridgehead atoms. The number of piperazine rings is 1. The van der Waals surface area contributed by atoms with Crippen molar-refractivity contribution in [1.82, 2.24) is 10.2 Å². The minimum absolute atomic E-state index is 0.0281. The fraction of sp³-hybridized carbons (Fsp3) is 0.429. The number of hydrogen-bond acceptors (Lipinski definition) is 3. The number of nitrogens with zero attached hydrogens (tertiary/aromatic N) is 2. The van der Waals surface area contributed by atoms with Crippen LogP contribution >= 0.6 is 0 Å². The summed E-state index contributed by atoms with van der Waals surface area (Å²) >= 11 is 0. The van der Waals surface area contributed by atoms with Crippen LogP contribution in [0.2, 0.25) is 0 Å². The Bertz CT molecular complexity index is 496. The number of amides is 3. The van der Waals surface area contributed by atoms with Gasteiger partial charge in [0.2, 0.25) is 5.91 Å². The average molecular weight is 276 g/mol. The summed E-state index contributed by atoms with van der Waals surface area (Å²) in [5, 5.41) is 2.33. The number of carbonyl (C=O) groups excluding carboxylic acids is 2. The van der Waals surface area contributed by atoms with E-state index in [4.69, 9.17) is 5.73 Å². The van der Waals surface area contributed by atoms with Gasteiger partial charge in [0, 0.05) is 31.9 Å².